The summed E-state index contributed by atoms with van der Waals surface area (Å²) in [6, 6.07) is 17.2. The number of nitrogens with one attached hydrogen (secondary N) is 1. The van der Waals surface area contributed by atoms with Gasteiger partial charge in [-0.3, -0.25) is 4.90 Å². The average Bonchev–Trinajstić information content (AvgIpc) is 2.73. The summed E-state index contributed by atoms with van der Waals surface area (Å²) >= 11 is 6.01. The Balaban J connectivity index is 2.01. The summed E-state index contributed by atoms with van der Waals surface area (Å²) in [5, 5.41) is 22.7. The highest BCUT2D eigenvalue weighted by molar-refractivity contribution is 6.30. The highest BCUT2D eigenvalue weighted by atomic mass is 35.5. The van der Waals surface area contributed by atoms with Crippen molar-refractivity contribution in [1.82, 2.24) is 14.9 Å². The van der Waals surface area contributed by atoms with E-state index in [1.807, 2.05) is 66.4 Å². The van der Waals surface area contributed by atoms with E-state index in [0.717, 1.165) is 22.5 Å². The van der Waals surface area contributed by atoms with Gasteiger partial charge in [0.1, 0.15) is 5.82 Å². The predicted molar refractivity (Wildman–Crippen MR) is 116 cm³/mol. The molecule has 1 heterocycles. The Morgan fingerprint density at radius 2 is 1.59 bits per heavy atom. The monoisotopic (exact) mass is 412 g/mol. The average molecular weight is 413 g/mol. The molecule has 0 unspecified atom stereocenters. The topological polar surface area (TPSA) is 81.5 Å². The molecule has 0 amide bonds. The van der Waals surface area contributed by atoms with Crippen LogP contribution in [0.15, 0.2) is 54.6 Å². The third-order valence-electron chi connectivity index (χ3n) is 4.57. The third-order valence-corrected chi connectivity index (χ3v) is 4.82. The van der Waals surface area contributed by atoms with Crippen LogP contribution in [0.25, 0.3) is 11.4 Å². The lowest BCUT2D eigenvalue weighted by Gasteiger charge is -2.23. The maximum absolute atomic E-state index is 9.35. The molecule has 0 bridgehead atoms. The number of hydrogen-bond acceptors (Lipinski definition) is 6. The van der Waals surface area contributed by atoms with E-state index in [1.54, 1.807) is 0 Å². The lowest BCUT2D eigenvalue weighted by molar-refractivity contribution is 0.155. The molecule has 0 radical (unpaired) electrons. The first-order valence-electron chi connectivity index (χ1n) is 9.50. The van der Waals surface area contributed by atoms with Crippen molar-refractivity contribution in [2.75, 3.05) is 31.6 Å². The third kappa shape index (κ3) is 5.74. The number of hydrogen-bond donors (Lipinski definition) is 3. The van der Waals surface area contributed by atoms with Gasteiger partial charge in [-0.25, -0.2) is 9.97 Å². The number of benzene rings is 2. The second-order valence-corrected chi connectivity index (χ2v) is 7.12. The summed E-state index contributed by atoms with van der Waals surface area (Å²) < 4.78 is 0. The van der Waals surface area contributed by atoms with E-state index in [9.17, 15) is 10.2 Å². The van der Waals surface area contributed by atoms with Gasteiger partial charge in [0.2, 0.25) is 0 Å². The van der Waals surface area contributed by atoms with Crippen LogP contribution in [-0.4, -0.2) is 51.4 Å². The van der Waals surface area contributed by atoms with Crippen LogP contribution < -0.4 is 5.32 Å². The normalized spacial score (nSPS) is 11.1. The van der Waals surface area contributed by atoms with Crippen molar-refractivity contribution in [2.24, 2.45) is 0 Å². The number of aromatic nitrogens is 2. The first-order chi connectivity index (χ1) is 14.1. The Kier molecular flexibility index (Phi) is 7.55. The summed E-state index contributed by atoms with van der Waals surface area (Å²) in [5.41, 5.74) is 3.56. The maximum Gasteiger partial charge on any atom is 0.161 e. The zero-order valence-electron chi connectivity index (χ0n) is 16.3. The van der Waals surface area contributed by atoms with Gasteiger partial charge in [-0.05, 0) is 31.2 Å². The molecule has 1 aromatic heterocycles. The zero-order valence-corrected chi connectivity index (χ0v) is 17.1. The largest absolute Gasteiger partial charge is 0.395 e. The molecule has 0 saturated carbocycles. The lowest BCUT2D eigenvalue weighted by atomic mass is 10.1. The molecule has 0 saturated heterocycles. The van der Waals surface area contributed by atoms with Crippen LogP contribution in [0.2, 0.25) is 5.02 Å². The Hall–Kier alpha value is -2.51. The van der Waals surface area contributed by atoms with E-state index >= 15 is 0 Å². The van der Waals surface area contributed by atoms with E-state index in [2.05, 4.69) is 5.32 Å². The van der Waals surface area contributed by atoms with Crippen molar-refractivity contribution < 1.29 is 10.2 Å². The molecular formula is C22H25ClN4O2. The van der Waals surface area contributed by atoms with E-state index in [4.69, 9.17) is 21.6 Å². The minimum absolute atomic E-state index is 0.0158. The van der Waals surface area contributed by atoms with Crippen LogP contribution >= 0.6 is 11.6 Å². The van der Waals surface area contributed by atoms with E-state index < -0.39 is 0 Å². The van der Waals surface area contributed by atoms with Crippen LogP contribution in [0.4, 0.5) is 11.5 Å². The summed E-state index contributed by atoms with van der Waals surface area (Å²) in [7, 11) is 0. The van der Waals surface area contributed by atoms with E-state index in [0.29, 0.717) is 36.3 Å². The van der Waals surface area contributed by atoms with Crippen molar-refractivity contribution >= 4 is 23.1 Å². The van der Waals surface area contributed by atoms with Crippen molar-refractivity contribution in [1.29, 1.82) is 0 Å². The standard InChI is InChI=1S/C22H25ClN4O2/c1-16-20(15-27(11-13-28)12-14-29)22(25-19-9-7-18(23)8-10-19)26-21(24-16)17-5-3-2-4-6-17/h2-10,28-29H,11-15H2,1H3,(H,24,25,26). The smallest absolute Gasteiger partial charge is 0.161 e. The number of rotatable bonds is 9. The van der Waals surface area contributed by atoms with E-state index in [-0.39, 0.29) is 13.2 Å². The molecule has 0 fully saturated rings. The van der Waals surface area contributed by atoms with Gasteiger partial charge in [0.15, 0.2) is 5.82 Å². The molecule has 152 valence electrons. The maximum atomic E-state index is 9.35. The second kappa shape index (κ2) is 10.3. The molecule has 3 N–H and O–H groups in total. The minimum atomic E-state index is 0.0158. The fraction of sp³-hybridized carbons (Fsp3) is 0.273. The molecule has 2 aromatic carbocycles. The van der Waals surface area contributed by atoms with E-state index in [1.165, 1.54) is 0 Å². The first kappa shape index (κ1) is 21.2. The van der Waals surface area contributed by atoms with Gasteiger partial charge < -0.3 is 15.5 Å². The number of aryl methyl sites for hydroxylation is 1. The van der Waals surface area contributed by atoms with Gasteiger partial charge >= 0.3 is 0 Å². The number of anilines is 2. The number of aliphatic hydroxyl groups excluding tert-OH is 2. The van der Waals surface area contributed by atoms with Gasteiger partial charge in [-0.1, -0.05) is 41.9 Å². The fourth-order valence-corrected chi connectivity index (χ4v) is 3.18. The first-order valence-corrected chi connectivity index (χ1v) is 9.88. The highest BCUT2D eigenvalue weighted by Crippen LogP contribution is 2.27. The molecule has 0 aliphatic rings. The quantitative estimate of drug-likeness (QED) is 0.498. The second-order valence-electron chi connectivity index (χ2n) is 6.68. The van der Waals surface area contributed by atoms with Crippen LogP contribution in [0.5, 0.6) is 0 Å². The molecule has 0 aliphatic carbocycles. The summed E-state index contributed by atoms with van der Waals surface area (Å²) in [6.07, 6.45) is 0. The molecule has 6 nitrogen and oxygen atoms in total. The molecule has 3 rings (SSSR count). The molecule has 0 atom stereocenters. The molecule has 29 heavy (non-hydrogen) atoms. The van der Waals surface area contributed by atoms with Crippen molar-refractivity contribution in [2.45, 2.75) is 13.5 Å². The number of halogens is 1. The van der Waals surface area contributed by atoms with Crippen molar-refractivity contribution in [3.63, 3.8) is 0 Å². The molecular weight excluding hydrogens is 388 g/mol. The van der Waals surface area contributed by atoms with Crippen LogP contribution in [0, 0.1) is 6.92 Å². The summed E-state index contributed by atoms with van der Waals surface area (Å²) in [4.78, 5) is 11.5. The Bertz CT molecular complexity index is 914. The Labute approximate surface area is 175 Å². The Morgan fingerprint density at radius 1 is 0.931 bits per heavy atom. The molecule has 0 spiro atoms. The highest BCUT2D eigenvalue weighted by Gasteiger charge is 2.16. The zero-order chi connectivity index (χ0) is 20.6. The van der Waals surface area contributed by atoms with Crippen LogP contribution in [0.1, 0.15) is 11.3 Å². The van der Waals surface area contributed by atoms with Gasteiger partial charge in [0.05, 0.1) is 13.2 Å². The van der Waals surface area contributed by atoms with Crippen LogP contribution in [0.3, 0.4) is 0 Å². The number of aliphatic hydroxyl groups is 2. The lowest BCUT2D eigenvalue weighted by Crippen LogP contribution is -2.30. The fourth-order valence-electron chi connectivity index (χ4n) is 3.05. The van der Waals surface area contributed by atoms with Gasteiger partial charge in [-0.2, -0.15) is 0 Å². The van der Waals surface area contributed by atoms with Crippen LogP contribution in [-0.2, 0) is 6.54 Å². The molecule has 3 aromatic rings. The SMILES string of the molecule is Cc1nc(-c2ccccc2)nc(Nc2ccc(Cl)cc2)c1CN(CCO)CCO. The number of nitrogens with zero attached hydrogens (tertiary/aromatic N) is 3. The summed E-state index contributed by atoms with van der Waals surface area (Å²) in [6.45, 7) is 3.41. The minimum Gasteiger partial charge on any atom is -0.395 e. The van der Waals surface area contributed by atoms with Crippen molar-refractivity contribution in [3.05, 3.63) is 70.9 Å². The van der Waals surface area contributed by atoms with Gasteiger partial charge in [0.25, 0.3) is 0 Å². The molecule has 7 heteroatoms. The van der Waals surface area contributed by atoms with Gasteiger partial charge in [0, 0.05) is 47.2 Å². The molecule has 0 aliphatic heterocycles. The summed E-state index contributed by atoms with van der Waals surface area (Å²) in [5.74, 6) is 1.33. The van der Waals surface area contributed by atoms with Gasteiger partial charge in [-0.15, -0.1) is 0 Å². The Morgan fingerprint density at radius 3 is 2.21 bits per heavy atom. The van der Waals surface area contributed by atoms with Crippen molar-refractivity contribution in [3.8, 4) is 11.4 Å². The predicted octanol–water partition coefficient (Wildman–Crippen LogP) is 3.64.